The highest BCUT2D eigenvalue weighted by Gasteiger charge is 2.58. The Hall–Kier alpha value is -3.09. The van der Waals surface area contributed by atoms with Crippen LogP contribution in [-0.2, 0) is 23.3 Å². The van der Waals surface area contributed by atoms with Crippen molar-refractivity contribution in [2.24, 2.45) is 22.4 Å². The van der Waals surface area contributed by atoms with Gasteiger partial charge in [-0.05, 0) is 84.6 Å². The minimum Gasteiger partial charge on any atom is -0.504 e. The van der Waals surface area contributed by atoms with Gasteiger partial charge in [0, 0.05) is 17.5 Å². The number of ether oxygens (including phenoxy) is 1. The van der Waals surface area contributed by atoms with Crippen LogP contribution in [0.1, 0.15) is 62.6 Å². The normalized spacial score (nSPS) is 30.9. The molecule has 2 saturated carbocycles. The van der Waals surface area contributed by atoms with Crippen molar-refractivity contribution in [3.63, 3.8) is 0 Å². The molecule has 5 rings (SSSR count). The predicted octanol–water partition coefficient (Wildman–Crippen LogP) is 5.91. The largest absolute Gasteiger partial charge is 0.504 e. The molecule has 7 heteroatoms. The second-order valence-electron chi connectivity index (χ2n) is 10.5. The number of hydrogen-bond donors (Lipinski definition) is 1. The van der Waals surface area contributed by atoms with E-state index >= 15 is 0 Å². The molecule has 1 N–H and O–H groups in total. The number of phenolic OH excluding ortho intramolecular Hbond substituents is 1. The van der Waals surface area contributed by atoms with Crippen LogP contribution in [0, 0.1) is 27.4 Å². The number of nitrogens with zero attached hydrogens (tertiary/aromatic N) is 2. The molecule has 7 nitrogen and oxygen atoms in total. The van der Waals surface area contributed by atoms with Crippen molar-refractivity contribution in [2.45, 2.75) is 64.4 Å². The fourth-order valence-corrected chi connectivity index (χ4v) is 7.01. The second kappa shape index (κ2) is 8.29. The third-order valence-electron chi connectivity index (χ3n) is 8.91. The molecule has 0 spiro atoms. The van der Waals surface area contributed by atoms with Crippen molar-refractivity contribution in [2.75, 3.05) is 7.11 Å². The highest BCUT2D eigenvalue weighted by Crippen LogP contribution is 2.62. The van der Waals surface area contributed by atoms with E-state index in [4.69, 9.17) is 9.57 Å². The van der Waals surface area contributed by atoms with E-state index in [0.717, 1.165) is 49.8 Å². The van der Waals surface area contributed by atoms with Crippen LogP contribution in [0.3, 0.4) is 0 Å². The number of oxime groups is 1. The summed E-state index contributed by atoms with van der Waals surface area (Å²) in [7, 11) is 1.61. The molecule has 0 unspecified atom stereocenters. The first-order chi connectivity index (χ1) is 16.3. The number of aromatic hydroxyl groups is 1. The molecule has 2 aromatic carbocycles. The minimum atomic E-state index is -0.393. The smallest absolute Gasteiger partial charge is 0.269 e. The maximum atomic E-state index is 11.0. The van der Waals surface area contributed by atoms with Crippen molar-refractivity contribution in [3.8, 4) is 11.5 Å². The van der Waals surface area contributed by atoms with Crippen LogP contribution in [0.15, 0.2) is 41.6 Å². The topological polar surface area (TPSA) is 94.2 Å². The van der Waals surface area contributed by atoms with Crippen molar-refractivity contribution in [1.29, 1.82) is 0 Å². The van der Waals surface area contributed by atoms with Crippen molar-refractivity contribution in [3.05, 3.63) is 63.2 Å². The van der Waals surface area contributed by atoms with Crippen LogP contribution in [0.4, 0.5) is 5.69 Å². The number of benzene rings is 2. The molecule has 0 saturated heterocycles. The lowest BCUT2D eigenvalue weighted by Gasteiger charge is -2.55. The molecule has 180 valence electrons. The quantitative estimate of drug-likeness (QED) is 0.438. The highest BCUT2D eigenvalue weighted by molar-refractivity contribution is 5.92. The van der Waals surface area contributed by atoms with Gasteiger partial charge >= 0.3 is 0 Å². The molecule has 4 atom stereocenters. The van der Waals surface area contributed by atoms with Gasteiger partial charge in [-0.1, -0.05) is 31.1 Å². The average Bonchev–Trinajstić information content (AvgIpc) is 3.15. The van der Waals surface area contributed by atoms with Crippen LogP contribution < -0.4 is 4.74 Å². The van der Waals surface area contributed by atoms with Gasteiger partial charge in [0.15, 0.2) is 11.5 Å². The lowest BCUT2D eigenvalue weighted by molar-refractivity contribution is -0.384. The van der Waals surface area contributed by atoms with Crippen molar-refractivity contribution < 1.29 is 19.6 Å². The monoisotopic (exact) mass is 464 g/mol. The Morgan fingerprint density at radius 1 is 1.12 bits per heavy atom. The maximum Gasteiger partial charge on any atom is 0.269 e. The molecule has 0 radical (unpaired) electrons. The summed E-state index contributed by atoms with van der Waals surface area (Å²) in [5, 5.41) is 25.9. The van der Waals surface area contributed by atoms with E-state index in [-0.39, 0.29) is 28.9 Å². The van der Waals surface area contributed by atoms with Gasteiger partial charge in [0.1, 0.15) is 6.61 Å². The number of fused-ring (bicyclic) bond motifs is 5. The second-order valence-corrected chi connectivity index (χ2v) is 10.5. The van der Waals surface area contributed by atoms with E-state index < -0.39 is 4.92 Å². The minimum absolute atomic E-state index is 0.00533. The number of rotatable bonds is 5. The zero-order valence-electron chi connectivity index (χ0n) is 20.0. The standard InChI is InChI=1S/C27H32N2O5/c1-26-11-12-27(2)21(20(26)8-7-18-14-23(30)24(33-3)15-22(18)26)9-10-25(27)28-34-16-17-5-4-6-19(13-17)29(31)32/h4-6,13-15,20-21,30H,7-12,16H2,1-3H3/b28-25+/t20-,21-,26-,27-/m0/s1. The molecule has 3 aliphatic rings. The van der Waals surface area contributed by atoms with E-state index in [1.54, 1.807) is 13.2 Å². The lowest BCUT2D eigenvalue weighted by atomic mass is 9.49. The number of hydrogen-bond acceptors (Lipinski definition) is 6. The summed E-state index contributed by atoms with van der Waals surface area (Å²) in [4.78, 5) is 16.4. The van der Waals surface area contributed by atoms with Gasteiger partial charge in [-0.3, -0.25) is 10.1 Å². The molecule has 0 aliphatic heterocycles. The average molecular weight is 465 g/mol. The Morgan fingerprint density at radius 2 is 1.85 bits per heavy atom. The Labute approximate surface area is 199 Å². The third-order valence-corrected chi connectivity index (χ3v) is 8.91. The van der Waals surface area contributed by atoms with E-state index in [1.165, 1.54) is 23.3 Å². The lowest BCUT2D eigenvalue weighted by Crippen LogP contribution is -2.50. The molecule has 0 amide bonds. The summed E-state index contributed by atoms with van der Waals surface area (Å²) < 4.78 is 5.44. The van der Waals surface area contributed by atoms with E-state index in [2.05, 4.69) is 25.1 Å². The van der Waals surface area contributed by atoms with Gasteiger partial charge in [-0.25, -0.2) is 0 Å². The Morgan fingerprint density at radius 3 is 2.62 bits per heavy atom. The number of aryl methyl sites for hydroxylation is 1. The van der Waals surface area contributed by atoms with Gasteiger partial charge in [-0.15, -0.1) is 0 Å². The highest BCUT2D eigenvalue weighted by atomic mass is 16.6. The van der Waals surface area contributed by atoms with Gasteiger partial charge in [0.2, 0.25) is 0 Å². The van der Waals surface area contributed by atoms with Crippen LogP contribution >= 0.6 is 0 Å². The summed E-state index contributed by atoms with van der Waals surface area (Å²) in [5.41, 5.74) is 4.56. The zero-order chi connectivity index (χ0) is 24.1. The SMILES string of the molecule is COc1cc2c(cc1O)CC[C@H]1[C@@H]3CC/C(=N\OCc4cccc([N+](=O)[O-])c4)[C@@]3(C)CC[C@]21C. The van der Waals surface area contributed by atoms with Crippen LogP contribution in [0.25, 0.3) is 0 Å². The fraction of sp³-hybridized carbons (Fsp3) is 0.519. The molecule has 0 heterocycles. The number of nitro groups is 1. The van der Waals surface area contributed by atoms with Crippen LogP contribution in [0.2, 0.25) is 0 Å². The van der Waals surface area contributed by atoms with Gasteiger partial charge in [0.25, 0.3) is 5.69 Å². The first-order valence-corrected chi connectivity index (χ1v) is 12.1. The van der Waals surface area contributed by atoms with Gasteiger partial charge in [0.05, 0.1) is 17.7 Å². The Balaban J connectivity index is 1.36. The summed E-state index contributed by atoms with van der Waals surface area (Å²) in [6.07, 6.45) is 6.18. The first kappa shape index (κ1) is 22.7. The zero-order valence-corrected chi connectivity index (χ0v) is 20.0. The molecule has 2 fully saturated rings. The summed E-state index contributed by atoms with van der Waals surface area (Å²) in [5.74, 6) is 1.84. The van der Waals surface area contributed by atoms with Crippen molar-refractivity contribution >= 4 is 11.4 Å². The van der Waals surface area contributed by atoms with Gasteiger partial charge in [-0.2, -0.15) is 0 Å². The summed E-state index contributed by atoms with van der Waals surface area (Å²) in [6.45, 7) is 4.95. The van der Waals surface area contributed by atoms with E-state index in [9.17, 15) is 15.2 Å². The molecule has 34 heavy (non-hydrogen) atoms. The number of phenols is 1. The van der Waals surface area contributed by atoms with Gasteiger partial charge < -0.3 is 14.7 Å². The van der Waals surface area contributed by atoms with Crippen molar-refractivity contribution in [1.82, 2.24) is 0 Å². The Bertz CT molecular complexity index is 1160. The van der Waals surface area contributed by atoms with Crippen LogP contribution in [0.5, 0.6) is 11.5 Å². The molecular weight excluding hydrogens is 432 g/mol. The number of nitro benzene ring substituents is 1. The number of non-ortho nitro benzene ring substituents is 1. The molecule has 2 aromatic rings. The summed E-state index contributed by atoms with van der Waals surface area (Å²) >= 11 is 0. The molecule has 0 aromatic heterocycles. The fourth-order valence-electron chi connectivity index (χ4n) is 7.01. The molecular formula is C27H32N2O5. The predicted molar refractivity (Wildman–Crippen MR) is 129 cm³/mol. The summed E-state index contributed by atoms with van der Waals surface area (Å²) in [6, 6.07) is 10.5. The third kappa shape index (κ3) is 3.53. The molecule has 3 aliphatic carbocycles. The Kier molecular flexibility index (Phi) is 5.53. The van der Waals surface area contributed by atoms with E-state index in [0.29, 0.717) is 17.6 Å². The van der Waals surface area contributed by atoms with E-state index in [1.807, 2.05) is 12.1 Å². The maximum absolute atomic E-state index is 11.0. The number of methoxy groups -OCH3 is 1. The van der Waals surface area contributed by atoms with Crippen LogP contribution in [-0.4, -0.2) is 22.9 Å². The first-order valence-electron chi connectivity index (χ1n) is 12.1. The molecule has 0 bridgehead atoms.